The summed E-state index contributed by atoms with van der Waals surface area (Å²) in [6.45, 7) is 4.15. The molecule has 0 saturated carbocycles. The van der Waals surface area contributed by atoms with Gasteiger partial charge in [0.2, 0.25) is 5.91 Å². The summed E-state index contributed by atoms with van der Waals surface area (Å²) in [6, 6.07) is 11.3. The molecule has 1 aliphatic heterocycles. The van der Waals surface area contributed by atoms with E-state index in [1.54, 1.807) is 18.2 Å². The summed E-state index contributed by atoms with van der Waals surface area (Å²) in [5, 5.41) is 0. The van der Waals surface area contributed by atoms with Crippen molar-refractivity contribution < 1.29 is 14.3 Å². The maximum atomic E-state index is 13.3. The first-order chi connectivity index (χ1) is 13.8. The molecule has 150 valence electrons. The van der Waals surface area contributed by atoms with E-state index in [2.05, 4.69) is 34.8 Å². The highest BCUT2D eigenvalue weighted by molar-refractivity contribution is 9.10. The Morgan fingerprint density at radius 1 is 1.10 bits per heavy atom. The smallest absolute Gasteiger partial charge is 0.233 e. The summed E-state index contributed by atoms with van der Waals surface area (Å²) < 4.78 is 6.09. The van der Waals surface area contributed by atoms with Crippen LogP contribution in [0, 0.1) is 5.41 Å². The standard InChI is InChI=1S/C23H23BrN2O3/c1-23(2)11-18-22(19(27)12-23)17(14-4-7-16(29-3)8-5-14)10-21(28)26(18)20-9-6-15(24)13-25-20/h4-9,13,17H,10-12H2,1-3H3. The Hall–Kier alpha value is -2.47. The minimum Gasteiger partial charge on any atom is -0.497 e. The number of rotatable bonds is 3. The van der Waals surface area contributed by atoms with Gasteiger partial charge in [0.05, 0.1) is 7.11 Å². The van der Waals surface area contributed by atoms with Gasteiger partial charge in [-0.3, -0.25) is 14.5 Å². The Labute approximate surface area is 178 Å². The van der Waals surface area contributed by atoms with Crippen LogP contribution in [0.1, 0.15) is 44.6 Å². The molecule has 5 nitrogen and oxygen atoms in total. The van der Waals surface area contributed by atoms with E-state index < -0.39 is 0 Å². The van der Waals surface area contributed by atoms with E-state index in [1.807, 2.05) is 36.4 Å². The number of pyridine rings is 1. The maximum absolute atomic E-state index is 13.3. The molecule has 0 N–H and O–H groups in total. The summed E-state index contributed by atoms with van der Waals surface area (Å²) in [4.78, 5) is 32.6. The Kier molecular flexibility index (Phi) is 5.07. The second-order valence-electron chi connectivity index (χ2n) is 8.39. The number of ketones is 1. The number of Topliss-reactive ketones (excluding diaryl/α,β-unsaturated/α-hetero) is 1. The summed E-state index contributed by atoms with van der Waals surface area (Å²) in [6.07, 6.45) is 3.06. The average Bonchev–Trinajstić information content (AvgIpc) is 2.67. The number of benzene rings is 1. The fourth-order valence-corrected chi connectivity index (χ4v) is 4.54. The lowest BCUT2D eigenvalue weighted by molar-refractivity contribution is -0.121. The minimum atomic E-state index is -0.237. The monoisotopic (exact) mass is 454 g/mol. The lowest BCUT2D eigenvalue weighted by atomic mass is 9.69. The molecular formula is C23H23BrN2O3. The molecule has 1 atom stereocenters. The molecule has 0 saturated heterocycles. The third-order valence-corrected chi connectivity index (χ3v) is 6.07. The summed E-state index contributed by atoms with van der Waals surface area (Å²) in [5.74, 6) is 1.15. The molecule has 6 heteroatoms. The number of amides is 1. The van der Waals surface area contributed by atoms with Crippen LogP contribution in [0.25, 0.3) is 0 Å². The molecule has 1 aromatic heterocycles. The first-order valence-electron chi connectivity index (χ1n) is 9.64. The van der Waals surface area contributed by atoms with Gasteiger partial charge in [-0.05, 0) is 57.6 Å². The van der Waals surface area contributed by atoms with Gasteiger partial charge in [0.25, 0.3) is 0 Å². The van der Waals surface area contributed by atoms with Gasteiger partial charge in [0, 0.05) is 40.7 Å². The van der Waals surface area contributed by atoms with E-state index in [0.717, 1.165) is 27.1 Å². The van der Waals surface area contributed by atoms with Crippen LogP contribution in [0.15, 0.2) is 58.3 Å². The molecule has 1 unspecified atom stereocenters. The van der Waals surface area contributed by atoms with Crippen LogP contribution in [0.3, 0.4) is 0 Å². The number of carbonyl (C=O) groups is 2. The van der Waals surface area contributed by atoms with Gasteiger partial charge < -0.3 is 4.74 Å². The lowest BCUT2D eigenvalue weighted by Gasteiger charge is -2.42. The summed E-state index contributed by atoms with van der Waals surface area (Å²) in [7, 11) is 1.62. The number of anilines is 1. The van der Waals surface area contributed by atoms with E-state index in [4.69, 9.17) is 4.74 Å². The molecule has 1 amide bonds. The second kappa shape index (κ2) is 7.41. The fourth-order valence-electron chi connectivity index (χ4n) is 4.30. The number of carbonyl (C=O) groups excluding carboxylic acids is 2. The molecule has 0 fully saturated rings. The maximum Gasteiger partial charge on any atom is 0.233 e. The van der Waals surface area contributed by atoms with Crippen molar-refractivity contribution in [2.45, 2.75) is 39.0 Å². The highest BCUT2D eigenvalue weighted by atomic mass is 79.9. The van der Waals surface area contributed by atoms with E-state index in [9.17, 15) is 9.59 Å². The quantitative estimate of drug-likeness (QED) is 0.653. The van der Waals surface area contributed by atoms with E-state index in [-0.39, 0.29) is 29.4 Å². The van der Waals surface area contributed by atoms with Crippen LogP contribution < -0.4 is 9.64 Å². The third-order valence-electron chi connectivity index (χ3n) is 5.60. The summed E-state index contributed by atoms with van der Waals surface area (Å²) >= 11 is 3.39. The molecule has 29 heavy (non-hydrogen) atoms. The van der Waals surface area contributed by atoms with Crippen LogP contribution >= 0.6 is 15.9 Å². The topological polar surface area (TPSA) is 59.5 Å². The van der Waals surface area contributed by atoms with E-state index >= 15 is 0 Å². The van der Waals surface area contributed by atoms with Crippen molar-refractivity contribution in [2.75, 3.05) is 12.0 Å². The Balaban J connectivity index is 1.85. The van der Waals surface area contributed by atoms with Crippen molar-refractivity contribution in [3.8, 4) is 5.75 Å². The molecule has 2 aliphatic rings. The number of hydrogen-bond acceptors (Lipinski definition) is 4. The van der Waals surface area contributed by atoms with Crippen LogP contribution in [0.4, 0.5) is 5.82 Å². The van der Waals surface area contributed by atoms with Crippen LogP contribution in [0.2, 0.25) is 0 Å². The largest absolute Gasteiger partial charge is 0.497 e. The van der Waals surface area contributed by atoms with Crippen LogP contribution in [0.5, 0.6) is 5.75 Å². The number of hydrogen-bond donors (Lipinski definition) is 0. The predicted molar refractivity (Wildman–Crippen MR) is 115 cm³/mol. The molecule has 4 rings (SSSR count). The Bertz CT molecular complexity index is 994. The highest BCUT2D eigenvalue weighted by Crippen LogP contribution is 2.48. The first kappa shape index (κ1) is 19.8. The molecule has 0 radical (unpaired) electrons. The van der Waals surface area contributed by atoms with Crippen molar-refractivity contribution in [1.82, 2.24) is 4.98 Å². The number of allylic oxidation sites excluding steroid dienone is 2. The van der Waals surface area contributed by atoms with Gasteiger partial charge >= 0.3 is 0 Å². The molecular weight excluding hydrogens is 432 g/mol. The summed E-state index contributed by atoms with van der Waals surface area (Å²) in [5.41, 5.74) is 2.30. The molecule has 1 aliphatic carbocycles. The number of methoxy groups -OCH3 is 1. The average molecular weight is 455 g/mol. The van der Waals surface area contributed by atoms with Gasteiger partial charge in [0.1, 0.15) is 11.6 Å². The fraction of sp³-hybridized carbons (Fsp3) is 0.348. The molecule has 2 heterocycles. The zero-order chi connectivity index (χ0) is 20.8. The minimum absolute atomic E-state index is 0.0371. The lowest BCUT2D eigenvalue weighted by Crippen LogP contribution is -2.44. The van der Waals surface area contributed by atoms with Crippen molar-refractivity contribution in [3.63, 3.8) is 0 Å². The number of halogens is 1. The van der Waals surface area contributed by atoms with Crippen molar-refractivity contribution >= 4 is 33.4 Å². The van der Waals surface area contributed by atoms with Gasteiger partial charge in [-0.2, -0.15) is 0 Å². The van der Waals surface area contributed by atoms with E-state index in [1.165, 1.54) is 0 Å². The first-order valence-corrected chi connectivity index (χ1v) is 10.4. The Morgan fingerprint density at radius 2 is 1.83 bits per heavy atom. The van der Waals surface area contributed by atoms with Gasteiger partial charge in [-0.15, -0.1) is 0 Å². The van der Waals surface area contributed by atoms with Crippen molar-refractivity contribution in [3.05, 3.63) is 63.9 Å². The van der Waals surface area contributed by atoms with E-state index in [0.29, 0.717) is 18.7 Å². The normalized spacial score (nSPS) is 21.2. The molecule has 1 aromatic carbocycles. The highest BCUT2D eigenvalue weighted by Gasteiger charge is 2.44. The van der Waals surface area contributed by atoms with Crippen molar-refractivity contribution in [1.29, 1.82) is 0 Å². The third kappa shape index (κ3) is 3.73. The zero-order valence-electron chi connectivity index (χ0n) is 16.7. The number of ether oxygens (including phenoxy) is 1. The Morgan fingerprint density at radius 3 is 2.45 bits per heavy atom. The van der Waals surface area contributed by atoms with Gasteiger partial charge in [-0.25, -0.2) is 4.98 Å². The van der Waals surface area contributed by atoms with Gasteiger partial charge in [0.15, 0.2) is 5.78 Å². The van der Waals surface area contributed by atoms with Crippen LogP contribution in [-0.2, 0) is 9.59 Å². The SMILES string of the molecule is COc1ccc(C2CC(=O)N(c3ccc(Br)cn3)C3=C2C(=O)CC(C)(C)C3)cc1. The number of nitrogens with zero attached hydrogens (tertiary/aromatic N) is 2. The molecule has 0 spiro atoms. The zero-order valence-corrected chi connectivity index (χ0v) is 18.3. The molecule has 2 aromatic rings. The number of aromatic nitrogens is 1. The predicted octanol–water partition coefficient (Wildman–Crippen LogP) is 5.02. The second-order valence-corrected chi connectivity index (χ2v) is 9.31. The molecule has 0 bridgehead atoms. The van der Waals surface area contributed by atoms with Crippen LogP contribution in [-0.4, -0.2) is 23.8 Å². The van der Waals surface area contributed by atoms with Gasteiger partial charge in [-0.1, -0.05) is 26.0 Å². The van der Waals surface area contributed by atoms with Crippen molar-refractivity contribution in [2.24, 2.45) is 5.41 Å².